The number of nitriles is 1. The Bertz CT molecular complexity index is 1500. The van der Waals surface area contributed by atoms with Gasteiger partial charge >= 0.3 is 6.18 Å². The highest BCUT2D eigenvalue weighted by atomic mass is 19.4. The van der Waals surface area contributed by atoms with Crippen molar-refractivity contribution in [1.29, 1.82) is 5.26 Å². The Balaban J connectivity index is 1.60. The average molecular weight is 509 g/mol. The summed E-state index contributed by atoms with van der Waals surface area (Å²) >= 11 is 0. The van der Waals surface area contributed by atoms with Gasteiger partial charge in [-0.2, -0.15) is 23.5 Å². The van der Waals surface area contributed by atoms with E-state index in [0.717, 1.165) is 17.3 Å². The average Bonchev–Trinajstić information content (AvgIpc) is 3.48. The predicted octanol–water partition coefficient (Wildman–Crippen LogP) is 5.26. The Morgan fingerprint density at radius 3 is 2.43 bits per heavy atom. The van der Waals surface area contributed by atoms with Gasteiger partial charge in [-0.05, 0) is 45.7 Å². The molecule has 0 bridgehead atoms. The van der Waals surface area contributed by atoms with Crippen molar-refractivity contribution in [2.75, 3.05) is 18.0 Å². The van der Waals surface area contributed by atoms with Crippen molar-refractivity contribution in [2.24, 2.45) is 7.05 Å². The van der Waals surface area contributed by atoms with Crippen molar-refractivity contribution in [1.82, 2.24) is 29.5 Å². The first kappa shape index (κ1) is 24.7. The molecular weight excluding hydrogens is 481 g/mol. The summed E-state index contributed by atoms with van der Waals surface area (Å²) in [6.45, 7) is 7.04. The Labute approximate surface area is 212 Å². The molecule has 3 aromatic heterocycles. The van der Waals surface area contributed by atoms with Crippen LogP contribution >= 0.6 is 0 Å². The molecular formula is C26H27F3N8. The summed E-state index contributed by atoms with van der Waals surface area (Å²) in [5, 5.41) is 23.4. The lowest BCUT2D eigenvalue weighted by Crippen LogP contribution is -2.35. The van der Waals surface area contributed by atoms with Crippen LogP contribution in [0, 0.1) is 11.3 Å². The highest BCUT2D eigenvalue weighted by molar-refractivity contribution is 5.88. The molecule has 4 heterocycles. The number of alkyl halides is 3. The lowest BCUT2D eigenvalue weighted by atomic mass is 9.91. The van der Waals surface area contributed by atoms with Crippen molar-refractivity contribution < 1.29 is 13.2 Å². The summed E-state index contributed by atoms with van der Waals surface area (Å²) < 4.78 is 45.5. The van der Waals surface area contributed by atoms with Crippen LogP contribution in [0.15, 0.2) is 36.9 Å². The molecule has 8 nitrogen and oxygen atoms in total. The minimum Gasteiger partial charge on any atom is -0.370 e. The third-order valence-electron chi connectivity index (χ3n) is 6.88. The maximum atomic E-state index is 13.9. The van der Waals surface area contributed by atoms with Crippen molar-refractivity contribution in [3.63, 3.8) is 0 Å². The highest BCUT2D eigenvalue weighted by Crippen LogP contribution is 2.43. The first-order valence-electron chi connectivity index (χ1n) is 12.1. The van der Waals surface area contributed by atoms with E-state index in [2.05, 4.69) is 20.3 Å². The molecule has 0 aliphatic carbocycles. The third kappa shape index (κ3) is 4.52. The molecule has 0 amide bonds. The van der Waals surface area contributed by atoms with Gasteiger partial charge in [0.05, 0.1) is 22.4 Å². The largest absolute Gasteiger partial charge is 0.417 e. The van der Waals surface area contributed by atoms with E-state index in [-0.39, 0.29) is 22.7 Å². The molecule has 1 aromatic carbocycles. The smallest absolute Gasteiger partial charge is 0.370 e. The lowest BCUT2D eigenvalue weighted by Gasteiger charge is -2.35. The normalized spacial score (nSPS) is 15.4. The van der Waals surface area contributed by atoms with E-state index < -0.39 is 11.7 Å². The molecule has 1 fully saturated rings. The fourth-order valence-corrected chi connectivity index (χ4v) is 4.93. The molecule has 4 aromatic rings. The molecule has 37 heavy (non-hydrogen) atoms. The van der Waals surface area contributed by atoms with Crippen molar-refractivity contribution in [2.45, 2.75) is 51.2 Å². The van der Waals surface area contributed by atoms with Crippen LogP contribution in [0.4, 0.5) is 18.9 Å². The van der Waals surface area contributed by atoms with Crippen LogP contribution in [-0.2, 0) is 18.8 Å². The highest BCUT2D eigenvalue weighted by Gasteiger charge is 2.37. The Kier molecular flexibility index (Phi) is 5.93. The van der Waals surface area contributed by atoms with E-state index in [1.807, 2.05) is 60.3 Å². The Morgan fingerprint density at radius 2 is 1.84 bits per heavy atom. The van der Waals surface area contributed by atoms with E-state index in [9.17, 15) is 18.4 Å². The van der Waals surface area contributed by atoms with E-state index >= 15 is 0 Å². The topological polar surface area (TPSA) is 88.4 Å². The number of pyridine rings is 1. The van der Waals surface area contributed by atoms with Crippen molar-refractivity contribution in [3.05, 3.63) is 53.9 Å². The molecule has 0 saturated carbocycles. The summed E-state index contributed by atoms with van der Waals surface area (Å²) in [4.78, 5) is 6.37. The monoisotopic (exact) mass is 508 g/mol. The number of benzene rings is 1. The fourth-order valence-electron chi connectivity index (χ4n) is 4.93. The molecule has 0 unspecified atom stereocenters. The standard InChI is InChI=1S/C26H27F3N8/c1-25(2,3)37-14-18-11-17(13-31-23(18)34-37)19-5-6-21(26(27,28)29)20(12-30)22(19)36-9-7-16(8-10-36)24-33-32-15-35(24)4/h5-6,11,13-16H,7-10H2,1-4H3. The Morgan fingerprint density at radius 1 is 1.11 bits per heavy atom. The number of nitrogens with zero attached hydrogens (tertiary/aromatic N) is 8. The van der Waals surface area contributed by atoms with Gasteiger partial charge in [0.1, 0.15) is 18.2 Å². The number of aromatic nitrogens is 6. The van der Waals surface area contributed by atoms with E-state index in [1.165, 1.54) is 6.07 Å². The van der Waals surface area contributed by atoms with Gasteiger partial charge in [-0.25, -0.2) is 4.98 Å². The Hall–Kier alpha value is -3.94. The third-order valence-corrected chi connectivity index (χ3v) is 6.88. The van der Waals surface area contributed by atoms with E-state index in [1.54, 1.807) is 12.5 Å². The van der Waals surface area contributed by atoms with Gasteiger partial charge in [0.25, 0.3) is 0 Å². The fraction of sp³-hybridized carbons (Fsp3) is 0.423. The first-order valence-corrected chi connectivity index (χ1v) is 12.1. The first-order chi connectivity index (χ1) is 17.5. The number of piperidine rings is 1. The van der Waals surface area contributed by atoms with Crippen LogP contribution in [0.3, 0.4) is 0 Å². The summed E-state index contributed by atoms with van der Waals surface area (Å²) in [7, 11) is 1.88. The maximum Gasteiger partial charge on any atom is 0.417 e. The molecule has 0 radical (unpaired) electrons. The second kappa shape index (κ2) is 8.87. The van der Waals surface area contributed by atoms with Crippen LogP contribution in [-0.4, -0.2) is 42.6 Å². The second-order valence-corrected chi connectivity index (χ2v) is 10.4. The molecule has 1 aliphatic rings. The number of rotatable bonds is 3. The van der Waals surface area contributed by atoms with Crippen molar-refractivity contribution in [3.8, 4) is 17.2 Å². The van der Waals surface area contributed by atoms with Crippen LogP contribution < -0.4 is 4.90 Å². The summed E-state index contributed by atoms with van der Waals surface area (Å²) in [6, 6.07) is 6.18. The van der Waals surface area contributed by atoms with Gasteiger partial charge in [-0.3, -0.25) is 4.68 Å². The zero-order valence-corrected chi connectivity index (χ0v) is 21.1. The predicted molar refractivity (Wildman–Crippen MR) is 133 cm³/mol. The van der Waals surface area contributed by atoms with Crippen molar-refractivity contribution >= 4 is 16.7 Å². The number of hydrogen-bond donors (Lipinski definition) is 0. The van der Waals surface area contributed by atoms with E-state index in [4.69, 9.17) is 0 Å². The van der Waals surface area contributed by atoms with Gasteiger partial charge in [0, 0.05) is 55.0 Å². The molecule has 5 rings (SSSR count). The molecule has 11 heteroatoms. The van der Waals surface area contributed by atoms with Crippen LogP contribution in [0.1, 0.15) is 56.5 Å². The molecule has 0 atom stereocenters. The van der Waals surface area contributed by atoms with E-state index in [0.29, 0.717) is 42.7 Å². The summed E-state index contributed by atoms with van der Waals surface area (Å²) in [6.07, 6.45) is 1.86. The number of anilines is 1. The number of fused-ring (bicyclic) bond motifs is 1. The van der Waals surface area contributed by atoms with Crippen LogP contribution in [0.5, 0.6) is 0 Å². The maximum absolute atomic E-state index is 13.9. The second-order valence-electron chi connectivity index (χ2n) is 10.4. The van der Waals surface area contributed by atoms with Gasteiger partial charge < -0.3 is 9.47 Å². The summed E-state index contributed by atoms with van der Waals surface area (Å²) in [5.74, 6) is 1.000. The van der Waals surface area contributed by atoms with Gasteiger partial charge in [0.2, 0.25) is 0 Å². The molecule has 1 saturated heterocycles. The van der Waals surface area contributed by atoms with Gasteiger partial charge in [0.15, 0.2) is 5.65 Å². The van der Waals surface area contributed by atoms with Crippen LogP contribution in [0.25, 0.3) is 22.2 Å². The van der Waals surface area contributed by atoms with Gasteiger partial charge in [-0.1, -0.05) is 6.07 Å². The molecule has 0 N–H and O–H groups in total. The molecule has 0 spiro atoms. The minimum atomic E-state index is -4.65. The number of hydrogen-bond acceptors (Lipinski definition) is 6. The van der Waals surface area contributed by atoms with Crippen LogP contribution in [0.2, 0.25) is 0 Å². The lowest BCUT2D eigenvalue weighted by molar-refractivity contribution is -0.137. The zero-order chi connectivity index (χ0) is 26.5. The minimum absolute atomic E-state index is 0.143. The zero-order valence-electron chi connectivity index (χ0n) is 21.1. The van der Waals surface area contributed by atoms with Gasteiger partial charge in [-0.15, -0.1) is 10.2 Å². The molecule has 192 valence electrons. The number of halogens is 3. The molecule has 1 aliphatic heterocycles. The number of aryl methyl sites for hydroxylation is 1. The SMILES string of the molecule is Cn1cnnc1C1CCN(c2c(-c3cnc4nn(C(C)(C)C)cc4c3)ccc(C(F)(F)F)c2C#N)CC1. The quantitative estimate of drug-likeness (QED) is 0.375. The summed E-state index contributed by atoms with van der Waals surface area (Å²) in [5.41, 5.74) is 0.472.